The second-order valence-corrected chi connectivity index (χ2v) is 11.9. The Morgan fingerprint density at radius 2 is 1.90 bits per heavy atom. The molecule has 0 aromatic heterocycles. The molecule has 4 N–H and O–H groups in total. The highest BCUT2D eigenvalue weighted by molar-refractivity contribution is 8.09. The minimum atomic E-state index is -1.03. The quantitative estimate of drug-likeness (QED) is 0.567. The Morgan fingerprint density at radius 3 is 2.47 bits per heavy atom. The van der Waals surface area contributed by atoms with Crippen LogP contribution in [0.4, 0.5) is 5.69 Å². The minimum absolute atomic E-state index is 0.399. The maximum atomic E-state index is 11.3. The third-order valence-electron chi connectivity index (χ3n) is 5.79. The molecule has 6 nitrogen and oxygen atoms in total. The predicted molar refractivity (Wildman–Crippen MR) is 126 cm³/mol. The molecule has 0 bridgehead atoms. The van der Waals surface area contributed by atoms with Gasteiger partial charge in [-0.25, -0.2) is 0 Å². The van der Waals surface area contributed by atoms with E-state index >= 15 is 0 Å². The first-order valence-electron chi connectivity index (χ1n) is 9.74. The topological polar surface area (TPSA) is 93.8 Å². The molecule has 0 amide bonds. The molecule has 1 fully saturated rings. The minimum Gasteiger partial charge on any atom is -0.480 e. The van der Waals surface area contributed by atoms with Gasteiger partial charge in [0.05, 0.1) is 16.9 Å². The average molecular weight is 448 g/mol. The van der Waals surface area contributed by atoms with Gasteiger partial charge < -0.3 is 25.5 Å². The van der Waals surface area contributed by atoms with Gasteiger partial charge in [0.15, 0.2) is 0 Å². The van der Waals surface area contributed by atoms with Crippen LogP contribution in [0.2, 0.25) is 0 Å². The molecule has 0 aliphatic carbocycles. The number of carboxylic acids is 1. The van der Waals surface area contributed by atoms with Crippen molar-refractivity contribution in [2.45, 2.75) is 68.4 Å². The van der Waals surface area contributed by atoms with Crippen molar-refractivity contribution >= 4 is 47.8 Å². The number of nitrogens with two attached hydrogens (primary N) is 1. The summed E-state index contributed by atoms with van der Waals surface area (Å²) in [6.45, 7) is 15.9. The van der Waals surface area contributed by atoms with Crippen molar-refractivity contribution in [3.05, 3.63) is 40.8 Å². The normalized spacial score (nSPS) is 20.8. The molecule has 1 aromatic rings. The highest BCUT2D eigenvalue weighted by Crippen LogP contribution is 2.46. The Balaban J connectivity index is 1.75. The molecule has 1 aromatic carbocycles. The number of benzene rings is 1. The third-order valence-corrected chi connectivity index (χ3v) is 8.30. The Kier molecular flexibility index (Phi) is 6.17. The molecule has 162 valence electrons. The van der Waals surface area contributed by atoms with E-state index < -0.39 is 35.1 Å². The largest absolute Gasteiger partial charge is 0.494 e. The molecule has 0 saturated carbocycles. The van der Waals surface area contributed by atoms with E-state index in [0.29, 0.717) is 0 Å². The lowest BCUT2D eigenvalue weighted by atomic mass is 9.79. The van der Waals surface area contributed by atoms with E-state index in [4.69, 9.17) is 15.0 Å². The van der Waals surface area contributed by atoms with E-state index in [1.807, 2.05) is 59.9 Å². The highest BCUT2D eigenvalue weighted by atomic mass is 32.2. The van der Waals surface area contributed by atoms with Crippen molar-refractivity contribution in [3.63, 3.8) is 0 Å². The number of fused-ring (bicyclic) bond motifs is 1. The van der Waals surface area contributed by atoms with E-state index in [-0.39, 0.29) is 0 Å². The van der Waals surface area contributed by atoms with Crippen LogP contribution in [0.1, 0.15) is 41.5 Å². The van der Waals surface area contributed by atoms with Gasteiger partial charge >= 0.3 is 13.1 Å². The zero-order valence-electron chi connectivity index (χ0n) is 18.2. The van der Waals surface area contributed by atoms with Crippen LogP contribution < -0.4 is 16.5 Å². The van der Waals surface area contributed by atoms with Gasteiger partial charge in [-0.05, 0) is 59.1 Å². The lowest BCUT2D eigenvalue weighted by molar-refractivity contribution is -0.139. The lowest BCUT2D eigenvalue weighted by Gasteiger charge is -2.32. The second-order valence-electron chi connectivity index (χ2n) is 9.04. The smallest absolute Gasteiger partial charge is 0.480 e. The lowest BCUT2D eigenvalue weighted by Crippen LogP contribution is -2.46. The molecule has 2 aliphatic heterocycles. The van der Waals surface area contributed by atoms with E-state index in [0.717, 1.165) is 25.9 Å². The monoisotopic (exact) mass is 448 g/mol. The maximum absolute atomic E-state index is 11.3. The molecule has 9 heteroatoms. The van der Waals surface area contributed by atoms with E-state index in [1.54, 1.807) is 11.8 Å². The summed E-state index contributed by atoms with van der Waals surface area (Å²) in [7, 11) is -0.430. The highest BCUT2D eigenvalue weighted by Gasteiger charge is 2.51. The molecule has 0 radical (unpaired) electrons. The van der Waals surface area contributed by atoms with Crippen molar-refractivity contribution in [1.82, 2.24) is 0 Å². The fraction of sp³-hybridized carbons (Fsp3) is 0.476. The van der Waals surface area contributed by atoms with Crippen LogP contribution in [-0.2, 0) is 14.1 Å². The molecule has 1 unspecified atom stereocenters. The molecule has 0 spiro atoms. The van der Waals surface area contributed by atoms with Crippen LogP contribution >= 0.6 is 23.5 Å². The SMILES string of the molecule is C=C(SC(C)(C)C(N)C(=O)O)C1=CNc2ccc(B3OC(C)(C)C(C)(C)O3)cc2S1. The van der Waals surface area contributed by atoms with E-state index in [9.17, 15) is 9.90 Å². The predicted octanol–water partition coefficient (Wildman–Crippen LogP) is 3.78. The van der Waals surface area contributed by atoms with Crippen molar-refractivity contribution < 1.29 is 19.2 Å². The molecule has 1 saturated heterocycles. The number of aliphatic carboxylic acids is 1. The summed E-state index contributed by atoms with van der Waals surface area (Å²) in [4.78, 5) is 14.0. The van der Waals surface area contributed by atoms with Gasteiger partial charge in [-0.2, -0.15) is 0 Å². The molecular formula is C21H29BN2O4S2. The fourth-order valence-electron chi connectivity index (χ4n) is 3.03. The number of nitrogens with one attached hydrogen (secondary N) is 1. The molecular weight excluding hydrogens is 419 g/mol. The Bertz CT molecular complexity index is 898. The van der Waals surface area contributed by atoms with Gasteiger partial charge in [0.25, 0.3) is 0 Å². The van der Waals surface area contributed by atoms with Crippen LogP contribution in [-0.4, -0.2) is 40.2 Å². The Labute approximate surface area is 187 Å². The van der Waals surface area contributed by atoms with Crippen LogP contribution in [0.15, 0.2) is 45.7 Å². The summed E-state index contributed by atoms with van der Waals surface area (Å²) in [6, 6.07) is 5.08. The summed E-state index contributed by atoms with van der Waals surface area (Å²) in [5.74, 6) is -1.03. The van der Waals surface area contributed by atoms with Crippen molar-refractivity contribution in [2.75, 3.05) is 5.32 Å². The first-order valence-corrected chi connectivity index (χ1v) is 11.4. The number of hydrogen-bond donors (Lipinski definition) is 3. The van der Waals surface area contributed by atoms with Crippen molar-refractivity contribution in [2.24, 2.45) is 5.73 Å². The van der Waals surface area contributed by atoms with Crippen LogP contribution in [0.25, 0.3) is 0 Å². The molecule has 2 heterocycles. The standard InChI is InChI=1S/C21H29BN2O4S2/c1-12(30-19(2,3)17(23)18(25)26)16-11-24-14-9-8-13(10-15(14)29-16)22-27-20(4,5)21(6,7)28-22/h8-11,17,24H,1,23H2,2-7H3,(H,25,26). The first-order chi connectivity index (χ1) is 13.7. The number of thioether (sulfide) groups is 2. The Hall–Kier alpha value is -1.39. The molecule has 1 atom stereocenters. The summed E-state index contributed by atoms with van der Waals surface area (Å²) in [6.07, 6.45) is 1.89. The van der Waals surface area contributed by atoms with Crippen LogP contribution in [0.5, 0.6) is 0 Å². The molecule has 2 aliphatic rings. The molecule has 30 heavy (non-hydrogen) atoms. The van der Waals surface area contributed by atoms with Crippen molar-refractivity contribution in [3.8, 4) is 0 Å². The Morgan fingerprint density at radius 1 is 1.30 bits per heavy atom. The third kappa shape index (κ3) is 4.45. The van der Waals surface area contributed by atoms with Gasteiger partial charge in [-0.1, -0.05) is 24.4 Å². The van der Waals surface area contributed by atoms with Gasteiger partial charge in [0.1, 0.15) is 6.04 Å². The first kappa shape index (κ1) is 23.3. The second kappa shape index (κ2) is 7.95. The molecule has 3 rings (SSSR count). The fourth-order valence-corrected chi connectivity index (χ4v) is 5.20. The van der Waals surface area contributed by atoms with Crippen molar-refractivity contribution in [1.29, 1.82) is 0 Å². The summed E-state index contributed by atoms with van der Waals surface area (Å²) < 4.78 is 11.6. The summed E-state index contributed by atoms with van der Waals surface area (Å²) >= 11 is 2.95. The number of hydrogen-bond acceptors (Lipinski definition) is 7. The van der Waals surface area contributed by atoms with Gasteiger partial charge in [0.2, 0.25) is 0 Å². The van der Waals surface area contributed by atoms with Gasteiger partial charge in [0, 0.05) is 25.7 Å². The zero-order chi connectivity index (χ0) is 22.5. The summed E-state index contributed by atoms with van der Waals surface area (Å²) in [5.41, 5.74) is 6.99. The van der Waals surface area contributed by atoms with Gasteiger partial charge in [-0.3, -0.25) is 4.79 Å². The number of carbonyl (C=O) groups is 1. The zero-order valence-corrected chi connectivity index (χ0v) is 19.9. The summed E-state index contributed by atoms with van der Waals surface area (Å²) in [5, 5.41) is 12.6. The number of rotatable bonds is 6. The number of anilines is 1. The maximum Gasteiger partial charge on any atom is 0.494 e. The van der Waals surface area contributed by atoms with E-state index in [2.05, 4.69) is 18.0 Å². The van der Waals surface area contributed by atoms with Gasteiger partial charge in [-0.15, -0.1) is 11.8 Å². The average Bonchev–Trinajstić information content (AvgIpc) is 2.87. The van der Waals surface area contributed by atoms with Crippen LogP contribution in [0.3, 0.4) is 0 Å². The number of carboxylic acid groups (broad SMARTS) is 1. The van der Waals surface area contributed by atoms with Crippen LogP contribution in [0, 0.1) is 0 Å². The van der Waals surface area contributed by atoms with E-state index in [1.165, 1.54) is 11.8 Å².